The summed E-state index contributed by atoms with van der Waals surface area (Å²) in [5.74, 6) is 1.55. The molecule has 4 rings (SSSR count). The Morgan fingerprint density at radius 1 is 1.09 bits per heavy atom. The second kappa shape index (κ2) is 8.69. The summed E-state index contributed by atoms with van der Waals surface area (Å²) in [6.07, 6.45) is 4.86. The number of aromatic nitrogens is 6. The molecule has 0 saturated heterocycles. The minimum absolute atomic E-state index is 0.114. The van der Waals surface area contributed by atoms with Gasteiger partial charge in [0.1, 0.15) is 11.5 Å². The van der Waals surface area contributed by atoms with Crippen molar-refractivity contribution < 1.29 is 17.9 Å². The fourth-order valence-electron chi connectivity index (χ4n) is 3.23. The molecule has 12 heteroatoms. The maximum Gasteiger partial charge on any atom is 0.238 e. The largest absolute Gasteiger partial charge is 0.494 e. The van der Waals surface area contributed by atoms with E-state index in [0.717, 1.165) is 12.8 Å². The van der Waals surface area contributed by atoms with Crippen molar-refractivity contribution in [2.75, 3.05) is 18.9 Å². The number of pyridine rings is 1. The maximum atomic E-state index is 13.2. The van der Waals surface area contributed by atoms with Gasteiger partial charge in [0.2, 0.25) is 21.9 Å². The molecule has 1 aliphatic carbocycles. The Balaban J connectivity index is 1.60. The van der Waals surface area contributed by atoms with Gasteiger partial charge in [0.15, 0.2) is 11.6 Å². The van der Waals surface area contributed by atoms with Crippen LogP contribution >= 0.6 is 0 Å². The number of nitrogens with zero attached hydrogens (tertiary/aromatic N) is 6. The van der Waals surface area contributed by atoms with Crippen LogP contribution in [0.15, 0.2) is 30.6 Å². The molecule has 0 radical (unpaired) electrons. The summed E-state index contributed by atoms with van der Waals surface area (Å²) in [6, 6.07) is 5.43. The van der Waals surface area contributed by atoms with Gasteiger partial charge in [-0.1, -0.05) is 13.0 Å². The van der Waals surface area contributed by atoms with Gasteiger partial charge < -0.3 is 9.47 Å². The van der Waals surface area contributed by atoms with E-state index in [9.17, 15) is 8.42 Å². The molecule has 0 bridgehead atoms. The number of anilines is 1. The van der Waals surface area contributed by atoms with Crippen molar-refractivity contribution in [1.82, 2.24) is 29.7 Å². The van der Waals surface area contributed by atoms with E-state index in [1.165, 1.54) is 26.6 Å². The third-order valence-corrected chi connectivity index (χ3v) is 7.34. The SMILES string of the molecule is COc1cnc([C@@H](C)[C@H](C)S(=O)(=O)Nc2nnc(-c3cccc(OC)n3)n2C2CC2)nc1. The molecule has 2 atom stereocenters. The van der Waals surface area contributed by atoms with Gasteiger partial charge in [0, 0.05) is 18.0 Å². The van der Waals surface area contributed by atoms with E-state index in [1.807, 2.05) is 0 Å². The highest BCUT2D eigenvalue weighted by Crippen LogP contribution is 2.40. The zero-order valence-electron chi connectivity index (χ0n) is 18.3. The summed E-state index contributed by atoms with van der Waals surface area (Å²) in [5, 5.41) is 7.52. The Morgan fingerprint density at radius 2 is 1.81 bits per heavy atom. The zero-order valence-corrected chi connectivity index (χ0v) is 19.1. The molecule has 1 fully saturated rings. The Bertz CT molecular complexity index is 1190. The van der Waals surface area contributed by atoms with Crippen LogP contribution in [0.3, 0.4) is 0 Å². The Labute approximate surface area is 186 Å². The fourth-order valence-corrected chi connectivity index (χ4v) is 4.47. The quantitative estimate of drug-likeness (QED) is 0.512. The average molecular weight is 460 g/mol. The van der Waals surface area contributed by atoms with Crippen LogP contribution in [0.25, 0.3) is 11.5 Å². The van der Waals surface area contributed by atoms with Gasteiger partial charge in [-0.2, -0.15) is 0 Å². The van der Waals surface area contributed by atoms with Gasteiger partial charge in [0.25, 0.3) is 0 Å². The molecule has 3 heterocycles. The summed E-state index contributed by atoms with van der Waals surface area (Å²) in [7, 11) is -0.764. The number of hydrogen-bond acceptors (Lipinski definition) is 9. The van der Waals surface area contributed by atoms with Crippen molar-refractivity contribution >= 4 is 16.0 Å². The van der Waals surface area contributed by atoms with Gasteiger partial charge in [-0.25, -0.2) is 23.4 Å². The van der Waals surface area contributed by atoms with Crippen molar-refractivity contribution in [3.63, 3.8) is 0 Å². The van der Waals surface area contributed by atoms with Crippen LogP contribution < -0.4 is 14.2 Å². The minimum atomic E-state index is -3.82. The molecular weight excluding hydrogens is 434 g/mol. The number of hydrogen-bond donors (Lipinski definition) is 1. The molecule has 3 aromatic heterocycles. The Morgan fingerprint density at radius 3 is 2.44 bits per heavy atom. The molecule has 0 aromatic carbocycles. The minimum Gasteiger partial charge on any atom is -0.494 e. The van der Waals surface area contributed by atoms with Crippen molar-refractivity contribution in [3.8, 4) is 23.1 Å². The molecule has 11 nitrogen and oxygen atoms in total. The zero-order chi connectivity index (χ0) is 22.9. The lowest BCUT2D eigenvalue weighted by Gasteiger charge is -2.20. The lowest BCUT2D eigenvalue weighted by Crippen LogP contribution is -2.31. The predicted molar refractivity (Wildman–Crippen MR) is 117 cm³/mol. The van der Waals surface area contributed by atoms with Gasteiger partial charge in [-0.3, -0.25) is 9.29 Å². The highest BCUT2D eigenvalue weighted by Gasteiger charge is 2.35. The first-order valence-electron chi connectivity index (χ1n) is 10.2. The van der Waals surface area contributed by atoms with Crippen LogP contribution in [0.4, 0.5) is 5.95 Å². The summed E-state index contributed by atoms with van der Waals surface area (Å²) < 4.78 is 41.0. The summed E-state index contributed by atoms with van der Waals surface area (Å²) in [5.41, 5.74) is 0.558. The average Bonchev–Trinajstić information content (AvgIpc) is 3.57. The van der Waals surface area contributed by atoms with Crippen LogP contribution in [0, 0.1) is 0 Å². The van der Waals surface area contributed by atoms with E-state index in [4.69, 9.17) is 9.47 Å². The van der Waals surface area contributed by atoms with Gasteiger partial charge in [0.05, 0.1) is 31.9 Å². The van der Waals surface area contributed by atoms with Crippen molar-refractivity contribution in [3.05, 3.63) is 36.4 Å². The molecule has 1 N–H and O–H groups in total. The number of rotatable bonds is 9. The third-order valence-electron chi connectivity index (χ3n) is 5.49. The van der Waals surface area contributed by atoms with E-state index in [1.54, 1.807) is 36.6 Å². The number of nitrogens with one attached hydrogen (secondary N) is 1. The highest BCUT2D eigenvalue weighted by atomic mass is 32.2. The van der Waals surface area contributed by atoms with Crippen LogP contribution in [0.5, 0.6) is 11.6 Å². The van der Waals surface area contributed by atoms with E-state index < -0.39 is 21.2 Å². The first kappa shape index (κ1) is 21.9. The van der Waals surface area contributed by atoms with Crippen molar-refractivity contribution in [2.45, 2.75) is 43.9 Å². The molecule has 0 spiro atoms. The molecule has 3 aromatic rings. The van der Waals surface area contributed by atoms with Gasteiger partial charge in [-0.15, -0.1) is 10.2 Å². The predicted octanol–water partition coefficient (Wildman–Crippen LogP) is 2.42. The van der Waals surface area contributed by atoms with Gasteiger partial charge >= 0.3 is 0 Å². The molecule has 0 unspecified atom stereocenters. The number of sulfonamides is 1. The molecule has 1 saturated carbocycles. The van der Waals surface area contributed by atoms with E-state index in [2.05, 4.69) is 29.9 Å². The molecule has 1 aliphatic rings. The van der Waals surface area contributed by atoms with E-state index >= 15 is 0 Å². The van der Waals surface area contributed by atoms with Gasteiger partial charge in [-0.05, 0) is 25.8 Å². The van der Waals surface area contributed by atoms with Crippen molar-refractivity contribution in [1.29, 1.82) is 0 Å². The molecule has 0 amide bonds. The van der Waals surface area contributed by atoms with Crippen molar-refractivity contribution in [2.24, 2.45) is 0 Å². The fraction of sp³-hybridized carbons (Fsp3) is 0.450. The van der Waals surface area contributed by atoms with E-state index in [-0.39, 0.29) is 12.0 Å². The Kier molecular flexibility index (Phi) is 5.96. The first-order valence-corrected chi connectivity index (χ1v) is 11.7. The maximum absolute atomic E-state index is 13.2. The molecular formula is C20H25N7O4S. The van der Waals surface area contributed by atoms with Crippen LogP contribution in [-0.2, 0) is 10.0 Å². The number of ether oxygens (including phenoxy) is 2. The highest BCUT2D eigenvalue weighted by molar-refractivity contribution is 7.93. The van der Waals surface area contributed by atoms with Crippen LogP contribution in [0.1, 0.15) is 44.5 Å². The second-order valence-corrected chi connectivity index (χ2v) is 9.67. The first-order chi connectivity index (χ1) is 15.3. The molecule has 32 heavy (non-hydrogen) atoms. The summed E-state index contributed by atoms with van der Waals surface area (Å²) >= 11 is 0. The topological polar surface area (TPSA) is 134 Å². The smallest absolute Gasteiger partial charge is 0.238 e. The molecule has 0 aliphatic heterocycles. The lowest BCUT2D eigenvalue weighted by atomic mass is 10.1. The Hall–Kier alpha value is -3.28. The normalized spacial score (nSPS) is 15.8. The second-order valence-electron chi connectivity index (χ2n) is 7.64. The summed E-state index contributed by atoms with van der Waals surface area (Å²) in [6.45, 7) is 3.38. The number of methoxy groups -OCH3 is 2. The third kappa shape index (κ3) is 4.35. The standard InChI is InChI=1S/C20H25N7O4S/c1-12(18-21-10-15(30-3)11-22-18)13(2)32(28,29)26-20-25-24-19(27(20)14-8-9-14)16-6-5-7-17(23-16)31-4/h5-7,10-14H,8-9H2,1-4H3,(H,25,26)/t12-,13-/m0/s1. The van der Waals surface area contributed by atoms with Crippen LogP contribution in [-0.4, -0.2) is 57.6 Å². The lowest BCUT2D eigenvalue weighted by molar-refractivity contribution is 0.398. The molecule has 170 valence electrons. The van der Waals surface area contributed by atoms with Crippen LogP contribution in [0.2, 0.25) is 0 Å². The van der Waals surface area contributed by atoms with E-state index in [0.29, 0.717) is 29.0 Å². The summed E-state index contributed by atoms with van der Waals surface area (Å²) in [4.78, 5) is 12.9. The monoisotopic (exact) mass is 459 g/mol.